The van der Waals surface area contributed by atoms with Crippen LogP contribution in [0.1, 0.15) is 17.3 Å². The van der Waals surface area contributed by atoms with Crippen molar-refractivity contribution < 1.29 is 14.5 Å². The predicted molar refractivity (Wildman–Crippen MR) is 73.8 cm³/mol. The quantitative estimate of drug-likeness (QED) is 0.658. The van der Waals surface area contributed by atoms with Gasteiger partial charge in [-0.1, -0.05) is 11.6 Å². The van der Waals surface area contributed by atoms with E-state index in [9.17, 15) is 19.7 Å². The molecule has 0 aromatic heterocycles. The maximum Gasteiger partial charge on any atom is 0.282 e. The Hall–Kier alpha value is -2.15. The summed E-state index contributed by atoms with van der Waals surface area (Å²) in [4.78, 5) is 34.9. The highest BCUT2D eigenvalue weighted by atomic mass is 35.5. The number of likely N-dealkylation sites (N-methyl/N-ethyl adjacent to an activating group) is 2. The van der Waals surface area contributed by atoms with Gasteiger partial charge in [-0.05, 0) is 19.1 Å². The van der Waals surface area contributed by atoms with Crippen LogP contribution in [0.3, 0.4) is 0 Å². The first-order chi connectivity index (χ1) is 9.36. The SMILES string of the molecule is CCNC(=O)CN(C)C(=O)c1cc(Cl)ccc1[N+](=O)[O-]. The van der Waals surface area contributed by atoms with Crippen molar-refractivity contribution in [1.29, 1.82) is 0 Å². The molecule has 108 valence electrons. The average molecular weight is 300 g/mol. The van der Waals surface area contributed by atoms with Gasteiger partial charge in [-0.3, -0.25) is 19.7 Å². The minimum absolute atomic E-state index is 0.144. The summed E-state index contributed by atoms with van der Waals surface area (Å²) in [5.74, 6) is -0.974. The van der Waals surface area contributed by atoms with E-state index in [4.69, 9.17) is 11.6 Å². The van der Waals surface area contributed by atoms with E-state index < -0.39 is 10.8 Å². The highest BCUT2D eigenvalue weighted by Gasteiger charge is 2.24. The fourth-order valence-corrected chi connectivity index (χ4v) is 1.76. The molecule has 2 amide bonds. The third-order valence-electron chi connectivity index (χ3n) is 2.49. The number of carbonyl (C=O) groups is 2. The summed E-state index contributed by atoms with van der Waals surface area (Å²) in [6, 6.07) is 3.71. The molecule has 0 atom stereocenters. The zero-order valence-electron chi connectivity index (χ0n) is 11.1. The number of hydrogen-bond acceptors (Lipinski definition) is 4. The van der Waals surface area contributed by atoms with Gasteiger partial charge in [0.25, 0.3) is 11.6 Å². The monoisotopic (exact) mass is 299 g/mol. The van der Waals surface area contributed by atoms with Crippen molar-refractivity contribution in [2.45, 2.75) is 6.92 Å². The molecule has 0 aliphatic rings. The van der Waals surface area contributed by atoms with Gasteiger partial charge >= 0.3 is 0 Å². The van der Waals surface area contributed by atoms with Crippen molar-refractivity contribution in [3.05, 3.63) is 38.9 Å². The largest absolute Gasteiger partial charge is 0.355 e. The molecule has 1 N–H and O–H groups in total. The number of carbonyl (C=O) groups excluding carboxylic acids is 2. The third kappa shape index (κ3) is 3.92. The van der Waals surface area contributed by atoms with Gasteiger partial charge in [-0.2, -0.15) is 0 Å². The molecule has 0 aliphatic heterocycles. The lowest BCUT2D eigenvalue weighted by atomic mass is 10.1. The normalized spacial score (nSPS) is 9.95. The molecule has 1 aromatic carbocycles. The number of nitrogens with zero attached hydrogens (tertiary/aromatic N) is 2. The fourth-order valence-electron chi connectivity index (χ4n) is 1.58. The summed E-state index contributed by atoms with van der Waals surface area (Å²) >= 11 is 5.75. The van der Waals surface area contributed by atoms with Gasteiger partial charge in [-0.15, -0.1) is 0 Å². The van der Waals surface area contributed by atoms with Crippen LogP contribution in [0.2, 0.25) is 5.02 Å². The van der Waals surface area contributed by atoms with E-state index in [1.54, 1.807) is 6.92 Å². The lowest BCUT2D eigenvalue weighted by Gasteiger charge is -2.16. The molecule has 1 rings (SSSR count). The van der Waals surface area contributed by atoms with Crippen LogP contribution in [0.15, 0.2) is 18.2 Å². The van der Waals surface area contributed by atoms with Crippen LogP contribution in [-0.2, 0) is 4.79 Å². The molecule has 0 unspecified atom stereocenters. The highest BCUT2D eigenvalue weighted by molar-refractivity contribution is 6.31. The number of benzene rings is 1. The van der Waals surface area contributed by atoms with Gasteiger partial charge < -0.3 is 10.2 Å². The average Bonchev–Trinajstić information content (AvgIpc) is 2.37. The molecule has 7 nitrogen and oxygen atoms in total. The maximum absolute atomic E-state index is 12.1. The first kappa shape index (κ1) is 15.9. The molecule has 0 bridgehead atoms. The van der Waals surface area contributed by atoms with Gasteiger partial charge in [0.1, 0.15) is 5.56 Å². The molecule has 8 heteroatoms. The zero-order chi connectivity index (χ0) is 15.3. The Kier molecular flexibility index (Phi) is 5.45. The summed E-state index contributed by atoms with van der Waals surface area (Å²) in [7, 11) is 1.39. The molecule has 0 radical (unpaired) electrons. The third-order valence-corrected chi connectivity index (χ3v) is 2.72. The number of rotatable bonds is 5. The Balaban J connectivity index is 2.99. The van der Waals surface area contributed by atoms with Crippen LogP contribution in [0.5, 0.6) is 0 Å². The van der Waals surface area contributed by atoms with E-state index in [1.165, 1.54) is 19.2 Å². The van der Waals surface area contributed by atoms with Crippen molar-refractivity contribution in [2.75, 3.05) is 20.1 Å². The maximum atomic E-state index is 12.1. The number of nitrogens with one attached hydrogen (secondary N) is 1. The molecular formula is C12H14ClN3O4. The molecular weight excluding hydrogens is 286 g/mol. The molecule has 20 heavy (non-hydrogen) atoms. The molecule has 0 heterocycles. The van der Waals surface area contributed by atoms with Crippen LogP contribution >= 0.6 is 11.6 Å². The Labute approximate surface area is 120 Å². The van der Waals surface area contributed by atoms with Crippen LogP contribution in [-0.4, -0.2) is 41.8 Å². The van der Waals surface area contributed by atoms with E-state index in [1.807, 2.05) is 0 Å². The minimum Gasteiger partial charge on any atom is -0.355 e. The fraction of sp³-hybridized carbons (Fsp3) is 0.333. The Morgan fingerprint density at radius 1 is 1.45 bits per heavy atom. The highest BCUT2D eigenvalue weighted by Crippen LogP contribution is 2.23. The van der Waals surface area contributed by atoms with Crippen molar-refractivity contribution in [1.82, 2.24) is 10.2 Å². The second-order valence-electron chi connectivity index (χ2n) is 4.03. The van der Waals surface area contributed by atoms with E-state index in [0.717, 1.165) is 11.0 Å². The summed E-state index contributed by atoms with van der Waals surface area (Å²) in [5.41, 5.74) is -0.489. The lowest BCUT2D eigenvalue weighted by molar-refractivity contribution is -0.385. The molecule has 0 saturated carbocycles. The summed E-state index contributed by atoms with van der Waals surface area (Å²) in [6.07, 6.45) is 0. The van der Waals surface area contributed by atoms with Crippen molar-refractivity contribution in [3.63, 3.8) is 0 Å². The first-order valence-electron chi connectivity index (χ1n) is 5.83. The summed E-state index contributed by atoms with van der Waals surface area (Å²) in [6.45, 7) is 2.01. The molecule has 0 aliphatic carbocycles. The molecule has 0 spiro atoms. The topological polar surface area (TPSA) is 92.6 Å². The van der Waals surface area contributed by atoms with Gasteiger partial charge in [0, 0.05) is 24.7 Å². The second-order valence-corrected chi connectivity index (χ2v) is 4.47. The van der Waals surface area contributed by atoms with Crippen LogP contribution in [0.25, 0.3) is 0 Å². The number of halogens is 1. The first-order valence-corrected chi connectivity index (χ1v) is 6.20. The predicted octanol–water partition coefficient (Wildman–Crippen LogP) is 1.46. The van der Waals surface area contributed by atoms with Crippen LogP contribution < -0.4 is 5.32 Å². The van der Waals surface area contributed by atoms with Gasteiger partial charge in [0.05, 0.1) is 11.5 Å². The van der Waals surface area contributed by atoms with Crippen LogP contribution in [0, 0.1) is 10.1 Å². The van der Waals surface area contributed by atoms with Crippen LogP contribution in [0.4, 0.5) is 5.69 Å². The van der Waals surface area contributed by atoms with E-state index >= 15 is 0 Å². The summed E-state index contributed by atoms with van der Waals surface area (Å²) < 4.78 is 0. The van der Waals surface area contributed by atoms with E-state index in [0.29, 0.717) is 6.54 Å². The van der Waals surface area contributed by atoms with E-state index in [2.05, 4.69) is 5.32 Å². The number of amides is 2. The Morgan fingerprint density at radius 3 is 2.65 bits per heavy atom. The standard InChI is InChI=1S/C12H14ClN3O4/c1-3-14-11(17)7-15(2)12(18)9-6-8(13)4-5-10(9)16(19)20/h4-6H,3,7H2,1-2H3,(H,14,17). The van der Waals surface area contributed by atoms with Crippen molar-refractivity contribution in [3.8, 4) is 0 Å². The van der Waals surface area contributed by atoms with Gasteiger partial charge in [0.15, 0.2) is 0 Å². The van der Waals surface area contributed by atoms with Gasteiger partial charge in [-0.25, -0.2) is 0 Å². The lowest BCUT2D eigenvalue weighted by Crippen LogP contribution is -2.38. The zero-order valence-corrected chi connectivity index (χ0v) is 11.8. The summed E-state index contributed by atoms with van der Waals surface area (Å²) in [5, 5.41) is 13.6. The van der Waals surface area contributed by atoms with Gasteiger partial charge in [0.2, 0.25) is 5.91 Å². The van der Waals surface area contributed by atoms with Crippen molar-refractivity contribution in [2.24, 2.45) is 0 Å². The minimum atomic E-state index is -0.663. The van der Waals surface area contributed by atoms with Crippen molar-refractivity contribution >= 4 is 29.1 Å². The molecule has 1 aromatic rings. The number of nitro benzene ring substituents is 1. The second kappa shape index (κ2) is 6.85. The number of nitro groups is 1. The molecule has 0 fully saturated rings. The number of hydrogen-bond donors (Lipinski definition) is 1. The smallest absolute Gasteiger partial charge is 0.282 e. The van der Waals surface area contributed by atoms with E-state index in [-0.39, 0.29) is 28.7 Å². The Bertz CT molecular complexity index is 548. The Morgan fingerprint density at radius 2 is 2.10 bits per heavy atom. The molecule has 0 saturated heterocycles.